The van der Waals surface area contributed by atoms with Gasteiger partial charge in [0.05, 0.1) is 0 Å². The lowest BCUT2D eigenvalue weighted by molar-refractivity contribution is 0.0954. The van der Waals surface area contributed by atoms with Crippen molar-refractivity contribution in [1.29, 1.82) is 0 Å². The highest BCUT2D eigenvalue weighted by atomic mass is 16.1. The van der Waals surface area contributed by atoms with Gasteiger partial charge in [-0.1, -0.05) is 36.4 Å². The van der Waals surface area contributed by atoms with Crippen molar-refractivity contribution in [3.8, 4) is 0 Å². The van der Waals surface area contributed by atoms with E-state index in [0.29, 0.717) is 6.04 Å². The highest BCUT2D eigenvalue weighted by molar-refractivity contribution is 6.06. The fourth-order valence-corrected chi connectivity index (χ4v) is 2.88. The van der Waals surface area contributed by atoms with Gasteiger partial charge in [-0.2, -0.15) is 0 Å². The molecule has 2 aromatic rings. The van der Waals surface area contributed by atoms with Crippen molar-refractivity contribution >= 4 is 16.7 Å². The van der Waals surface area contributed by atoms with Crippen LogP contribution in [0.25, 0.3) is 10.8 Å². The Morgan fingerprint density at radius 1 is 1.20 bits per heavy atom. The molecule has 1 amide bonds. The van der Waals surface area contributed by atoms with Gasteiger partial charge in [-0.3, -0.25) is 4.79 Å². The predicted molar refractivity (Wildman–Crippen MR) is 81.9 cm³/mol. The molecule has 2 aromatic carbocycles. The summed E-state index contributed by atoms with van der Waals surface area (Å²) in [6.07, 6.45) is 3.49. The molecule has 0 saturated carbocycles. The number of nitrogens with one attached hydrogen (secondary N) is 2. The van der Waals surface area contributed by atoms with Gasteiger partial charge >= 0.3 is 0 Å². The summed E-state index contributed by atoms with van der Waals surface area (Å²) >= 11 is 0. The Kier molecular flexibility index (Phi) is 3.97. The largest absolute Gasteiger partial charge is 0.352 e. The standard InChI is InChI=1S/C17H20N2O/c20-17(19-12-10-14-7-4-11-18-14)16-9-3-6-13-5-1-2-8-15(13)16/h1-3,5-6,8-9,14,18H,4,7,10-12H2,(H,19,20)/t14-/m1/s1. The molecule has 1 saturated heterocycles. The van der Waals surface area contributed by atoms with E-state index >= 15 is 0 Å². The summed E-state index contributed by atoms with van der Waals surface area (Å²) in [6.45, 7) is 1.85. The summed E-state index contributed by atoms with van der Waals surface area (Å²) in [5, 5.41) is 8.62. The van der Waals surface area contributed by atoms with Gasteiger partial charge in [0.1, 0.15) is 0 Å². The molecule has 0 aromatic heterocycles. The van der Waals surface area contributed by atoms with Gasteiger partial charge in [-0.15, -0.1) is 0 Å². The molecule has 3 nitrogen and oxygen atoms in total. The Balaban J connectivity index is 1.66. The first-order valence-electron chi connectivity index (χ1n) is 7.34. The first-order valence-corrected chi connectivity index (χ1v) is 7.34. The summed E-state index contributed by atoms with van der Waals surface area (Å²) < 4.78 is 0. The van der Waals surface area contributed by atoms with E-state index in [4.69, 9.17) is 0 Å². The van der Waals surface area contributed by atoms with Crippen molar-refractivity contribution in [2.75, 3.05) is 13.1 Å². The van der Waals surface area contributed by atoms with Crippen molar-refractivity contribution in [2.24, 2.45) is 0 Å². The second-order valence-corrected chi connectivity index (χ2v) is 5.36. The normalized spacial score (nSPS) is 18.3. The molecule has 1 aliphatic rings. The number of hydrogen-bond donors (Lipinski definition) is 2. The molecule has 1 heterocycles. The fourth-order valence-electron chi connectivity index (χ4n) is 2.88. The smallest absolute Gasteiger partial charge is 0.251 e. The molecule has 0 radical (unpaired) electrons. The molecule has 104 valence electrons. The molecule has 2 N–H and O–H groups in total. The minimum atomic E-state index is 0.0276. The summed E-state index contributed by atoms with van der Waals surface area (Å²) in [5.74, 6) is 0.0276. The summed E-state index contributed by atoms with van der Waals surface area (Å²) in [7, 11) is 0. The van der Waals surface area contributed by atoms with Crippen LogP contribution in [-0.2, 0) is 0 Å². The Hall–Kier alpha value is -1.87. The highest BCUT2D eigenvalue weighted by Crippen LogP contribution is 2.18. The number of rotatable bonds is 4. The summed E-state index contributed by atoms with van der Waals surface area (Å²) in [4.78, 5) is 12.3. The zero-order chi connectivity index (χ0) is 13.8. The Bertz CT molecular complexity index is 597. The highest BCUT2D eigenvalue weighted by Gasteiger charge is 2.14. The van der Waals surface area contributed by atoms with E-state index in [1.165, 1.54) is 12.8 Å². The zero-order valence-corrected chi connectivity index (χ0v) is 11.6. The lowest BCUT2D eigenvalue weighted by Crippen LogP contribution is -2.30. The average Bonchev–Trinajstić information content (AvgIpc) is 3.00. The van der Waals surface area contributed by atoms with Crippen molar-refractivity contribution in [2.45, 2.75) is 25.3 Å². The van der Waals surface area contributed by atoms with E-state index in [9.17, 15) is 4.79 Å². The molecular formula is C17H20N2O. The number of amides is 1. The maximum absolute atomic E-state index is 12.3. The monoisotopic (exact) mass is 268 g/mol. The van der Waals surface area contributed by atoms with Crippen LogP contribution in [-0.4, -0.2) is 25.0 Å². The number of carbonyl (C=O) groups excluding carboxylic acids is 1. The second-order valence-electron chi connectivity index (χ2n) is 5.36. The van der Waals surface area contributed by atoms with Gasteiger partial charge in [0.25, 0.3) is 5.91 Å². The number of carbonyl (C=O) groups is 1. The first kappa shape index (κ1) is 13.1. The SMILES string of the molecule is O=C(NCC[C@H]1CCCN1)c1cccc2ccccc12. The third-order valence-electron chi connectivity index (χ3n) is 3.97. The first-order chi connectivity index (χ1) is 9.84. The van der Waals surface area contributed by atoms with E-state index in [-0.39, 0.29) is 5.91 Å². The van der Waals surface area contributed by atoms with Crippen LogP contribution in [0.15, 0.2) is 42.5 Å². The minimum Gasteiger partial charge on any atom is -0.352 e. The van der Waals surface area contributed by atoms with Gasteiger partial charge in [-0.25, -0.2) is 0 Å². The van der Waals surface area contributed by atoms with Crippen molar-refractivity contribution in [3.63, 3.8) is 0 Å². The third kappa shape index (κ3) is 2.83. The molecule has 0 unspecified atom stereocenters. The van der Waals surface area contributed by atoms with Crippen LogP contribution in [0.5, 0.6) is 0 Å². The van der Waals surface area contributed by atoms with Gasteiger partial charge in [-0.05, 0) is 42.6 Å². The number of hydrogen-bond acceptors (Lipinski definition) is 2. The van der Waals surface area contributed by atoms with Crippen LogP contribution in [0.3, 0.4) is 0 Å². The average molecular weight is 268 g/mol. The van der Waals surface area contributed by atoms with E-state index in [2.05, 4.69) is 10.6 Å². The van der Waals surface area contributed by atoms with Crippen LogP contribution in [0.1, 0.15) is 29.6 Å². The third-order valence-corrected chi connectivity index (χ3v) is 3.97. The molecule has 0 spiro atoms. The van der Waals surface area contributed by atoms with Crippen LogP contribution in [0, 0.1) is 0 Å². The van der Waals surface area contributed by atoms with Gasteiger partial charge in [0.2, 0.25) is 0 Å². The Labute approximate surface area is 119 Å². The summed E-state index contributed by atoms with van der Waals surface area (Å²) in [5.41, 5.74) is 0.766. The van der Waals surface area contributed by atoms with Crippen LogP contribution < -0.4 is 10.6 Å². The predicted octanol–water partition coefficient (Wildman–Crippen LogP) is 2.71. The summed E-state index contributed by atoms with van der Waals surface area (Å²) in [6, 6.07) is 14.5. The molecule has 1 fully saturated rings. The Morgan fingerprint density at radius 3 is 2.90 bits per heavy atom. The van der Waals surface area contributed by atoms with E-state index in [1.807, 2.05) is 42.5 Å². The van der Waals surface area contributed by atoms with E-state index in [1.54, 1.807) is 0 Å². The Morgan fingerprint density at radius 2 is 2.05 bits per heavy atom. The van der Waals surface area contributed by atoms with Gasteiger partial charge in [0, 0.05) is 18.2 Å². The van der Waals surface area contributed by atoms with E-state index in [0.717, 1.165) is 35.8 Å². The molecule has 1 aliphatic heterocycles. The number of benzene rings is 2. The van der Waals surface area contributed by atoms with Crippen molar-refractivity contribution < 1.29 is 4.79 Å². The maximum Gasteiger partial charge on any atom is 0.251 e. The topological polar surface area (TPSA) is 41.1 Å². The molecule has 3 heteroatoms. The zero-order valence-electron chi connectivity index (χ0n) is 11.6. The molecule has 20 heavy (non-hydrogen) atoms. The molecule has 0 bridgehead atoms. The van der Waals surface area contributed by atoms with Crippen molar-refractivity contribution in [1.82, 2.24) is 10.6 Å². The number of fused-ring (bicyclic) bond motifs is 1. The molecule has 0 aliphatic carbocycles. The van der Waals surface area contributed by atoms with E-state index < -0.39 is 0 Å². The lowest BCUT2D eigenvalue weighted by atomic mass is 10.0. The molecule has 1 atom stereocenters. The van der Waals surface area contributed by atoms with Crippen LogP contribution >= 0.6 is 0 Å². The van der Waals surface area contributed by atoms with Gasteiger partial charge < -0.3 is 10.6 Å². The quantitative estimate of drug-likeness (QED) is 0.895. The second kappa shape index (κ2) is 6.06. The molecular weight excluding hydrogens is 248 g/mol. The van der Waals surface area contributed by atoms with Crippen LogP contribution in [0.4, 0.5) is 0 Å². The fraction of sp³-hybridized carbons (Fsp3) is 0.353. The molecule has 3 rings (SSSR count). The van der Waals surface area contributed by atoms with Crippen molar-refractivity contribution in [3.05, 3.63) is 48.0 Å². The lowest BCUT2D eigenvalue weighted by Gasteiger charge is -2.11. The van der Waals surface area contributed by atoms with Gasteiger partial charge in [0.15, 0.2) is 0 Å². The maximum atomic E-state index is 12.3. The minimum absolute atomic E-state index is 0.0276. The van der Waals surface area contributed by atoms with Crippen LogP contribution in [0.2, 0.25) is 0 Å².